The van der Waals surface area contributed by atoms with Gasteiger partial charge in [0.2, 0.25) is 0 Å². The van der Waals surface area contributed by atoms with Crippen molar-refractivity contribution in [2.75, 3.05) is 0 Å². The Labute approximate surface area is 165 Å². The number of fused-ring (bicyclic) bond motifs is 2. The Morgan fingerprint density at radius 3 is 2.50 bits per heavy atom. The van der Waals surface area contributed by atoms with E-state index in [0.29, 0.717) is 18.4 Å². The molecule has 2 unspecified atom stereocenters. The van der Waals surface area contributed by atoms with Crippen LogP contribution in [0.5, 0.6) is 0 Å². The van der Waals surface area contributed by atoms with Crippen molar-refractivity contribution in [1.29, 1.82) is 0 Å². The molecular formula is C23H26N2O3. The van der Waals surface area contributed by atoms with Crippen molar-refractivity contribution < 1.29 is 14.3 Å². The monoisotopic (exact) mass is 378 g/mol. The fraction of sp³-hybridized carbons (Fsp3) is 0.435. The lowest BCUT2D eigenvalue weighted by Crippen LogP contribution is -2.55. The predicted octanol–water partition coefficient (Wildman–Crippen LogP) is 4.54. The van der Waals surface area contributed by atoms with Gasteiger partial charge in [0.15, 0.2) is 5.78 Å². The van der Waals surface area contributed by atoms with E-state index in [1.165, 1.54) is 0 Å². The minimum atomic E-state index is -0.248. The fourth-order valence-electron chi connectivity index (χ4n) is 4.61. The van der Waals surface area contributed by atoms with Crippen LogP contribution in [0.2, 0.25) is 0 Å². The number of hydrogen-bond donors (Lipinski definition) is 0. The van der Waals surface area contributed by atoms with E-state index in [-0.39, 0.29) is 36.5 Å². The molecule has 0 aliphatic carbocycles. The lowest BCUT2D eigenvalue weighted by Gasteiger charge is -2.47. The molecule has 0 N–H and O–H groups in total. The van der Waals surface area contributed by atoms with Gasteiger partial charge in [-0.2, -0.15) is 0 Å². The summed E-state index contributed by atoms with van der Waals surface area (Å²) in [5.74, 6) is 0.113. The highest BCUT2D eigenvalue weighted by Gasteiger charge is 2.43. The van der Waals surface area contributed by atoms with Crippen molar-refractivity contribution >= 4 is 11.9 Å². The molecule has 146 valence electrons. The maximum atomic E-state index is 13.0. The van der Waals surface area contributed by atoms with Gasteiger partial charge in [-0.25, -0.2) is 4.79 Å². The lowest BCUT2D eigenvalue weighted by atomic mass is 9.76. The zero-order valence-corrected chi connectivity index (χ0v) is 16.2. The average molecular weight is 378 g/mol. The molecule has 2 aromatic rings. The van der Waals surface area contributed by atoms with E-state index in [9.17, 15) is 9.59 Å². The lowest BCUT2D eigenvalue weighted by molar-refractivity contribution is 0.00472. The van der Waals surface area contributed by atoms with E-state index < -0.39 is 0 Å². The van der Waals surface area contributed by atoms with E-state index in [2.05, 4.69) is 4.98 Å². The number of nitrogens with zero attached hydrogens (tertiary/aromatic N) is 2. The highest BCUT2D eigenvalue weighted by molar-refractivity contribution is 5.98. The maximum absolute atomic E-state index is 13.0. The molecule has 1 aromatic carbocycles. The molecule has 0 radical (unpaired) electrons. The molecule has 1 amide bonds. The van der Waals surface area contributed by atoms with Crippen LogP contribution in [0.15, 0.2) is 48.8 Å². The first kappa shape index (κ1) is 18.7. The summed E-state index contributed by atoms with van der Waals surface area (Å²) in [7, 11) is 0. The normalized spacial score (nSPS) is 23.9. The molecule has 2 bridgehead atoms. The van der Waals surface area contributed by atoms with Crippen molar-refractivity contribution in [3.05, 3.63) is 65.5 Å². The van der Waals surface area contributed by atoms with Crippen LogP contribution in [-0.4, -0.2) is 33.8 Å². The van der Waals surface area contributed by atoms with Crippen molar-refractivity contribution in [1.82, 2.24) is 9.88 Å². The van der Waals surface area contributed by atoms with Gasteiger partial charge in [0, 0.05) is 36.0 Å². The first-order chi connectivity index (χ1) is 13.6. The molecule has 5 nitrogen and oxygen atoms in total. The Kier molecular flexibility index (Phi) is 5.42. The molecule has 2 fully saturated rings. The zero-order chi connectivity index (χ0) is 19.5. The van der Waals surface area contributed by atoms with E-state index in [4.69, 9.17) is 4.74 Å². The molecule has 2 atom stereocenters. The van der Waals surface area contributed by atoms with Crippen LogP contribution < -0.4 is 0 Å². The summed E-state index contributed by atoms with van der Waals surface area (Å²) in [5.41, 5.74) is 2.66. The third-order valence-electron chi connectivity index (χ3n) is 5.92. The second-order valence-electron chi connectivity index (χ2n) is 7.97. The summed E-state index contributed by atoms with van der Waals surface area (Å²) in [4.78, 5) is 31.9. The van der Waals surface area contributed by atoms with Gasteiger partial charge in [0.05, 0.1) is 0 Å². The summed E-state index contributed by atoms with van der Waals surface area (Å²) in [6, 6.07) is 11.8. The summed E-state index contributed by atoms with van der Waals surface area (Å²) in [5, 5.41) is 0. The van der Waals surface area contributed by atoms with Crippen LogP contribution in [0.4, 0.5) is 4.79 Å². The number of carbonyl (C=O) groups is 2. The Balaban J connectivity index is 1.43. The number of rotatable bonds is 4. The second-order valence-corrected chi connectivity index (χ2v) is 7.97. The maximum Gasteiger partial charge on any atom is 0.410 e. The standard InChI is InChI=1S/C23H26N2O3/c1-16-10-19(14-24-13-16)22(26)18-11-20-8-5-9-21(12-18)25(20)23(27)28-15-17-6-3-2-4-7-17/h2-4,6-7,10,13-14,18,20-21H,5,8-9,11-12,15H2,1H3. The van der Waals surface area contributed by atoms with E-state index >= 15 is 0 Å². The Morgan fingerprint density at radius 2 is 1.82 bits per heavy atom. The first-order valence-corrected chi connectivity index (χ1v) is 10.1. The number of hydrogen-bond acceptors (Lipinski definition) is 4. The van der Waals surface area contributed by atoms with Crippen LogP contribution >= 0.6 is 0 Å². The van der Waals surface area contributed by atoms with Gasteiger partial charge in [-0.1, -0.05) is 30.3 Å². The summed E-state index contributed by atoms with van der Waals surface area (Å²) >= 11 is 0. The SMILES string of the molecule is Cc1cncc(C(=O)C2CC3CCCC(C2)N3C(=O)OCc2ccccc2)c1. The van der Waals surface area contributed by atoms with E-state index in [1.807, 2.05) is 48.2 Å². The number of pyridine rings is 1. The van der Waals surface area contributed by atoms with Crippen molar-refractivity contribution in [3.63, 3.8) is 0 Å². The molecule has 3 heterocycles. The van der Waals surface area contributed by atoms with Crippen LogP contribution in [0.25, 0.3) is 0 Å². The molecule has 2 saturated heterocycles. The van der Waals surface area contributed by atoms with E-state index in [0.717, 1.165) is 30.4 Å². The first-order valence-electron chi connectivity index (χ1n) is 10.1. The number of carbonyl (C=O) groups excluding carboxylic acids is 2. The summed E-state index contributed by atoms with van der Waals surface area (Å²) < 4.78 is 5.59. The molecule has 4 rings (SSSR count). The topological polar surface area (TPSA) is 59.5 Å². The van der Waals surface area contributed by atoms with Gasteiger partial charge in [-0.05, 0) is 56.2 Å². The quantitative estimate of drug-likeness (QED) is 0.733. The van der Waals surface area contributed by atoms with Gasteiger partial charge in [0.25, 0.3) is 0 Å². The van der Waals surface area contributed by atoms with Crippen LogP contribution in [0, 0.1) is 12.8 Å². The minimum Gasteiger partial charge on any atom is -0.445 e. The zero-order valence-electron chi connectivity index (χ0n) is 16.2. The number of aryl methyl sites for hydroxylation is 1. The van der Waals surface area contributed by atoms with Crippen molar-refractivity contribution in [3.8, 4) is 0 Å². The summed E-state index contributed by atoms with van der Waals surface area (Å²) in [6.45, 7) is 2.23. The third kappa shape index (κ3) is 3.93. The molecule has 1 aromatic heterocycles. The van der Waals surface area contributed by atoms with Gasteiger partial charge >= 0.3 is 6.09 Å². The number of Topliss-reactive ketones (excluding diaryl/α,β-unsaturated/α-hetero) is 1. The number of amides is 1. The van der Waals surface area contributed by atoms with Gasteiger partial charge < -0.3 is 9.64 Å². The van der Waals surface area contributed by atoms with Gasteiger partial charge in [-0.3, -0.25) is 9.78 Å². The number of ether oxygens (including phenoxy) is 1. The molecule has 2 aliphatic heterocycles. The Morgan fingerprint density at radius 1 is 1.11 bits per heavy atom. The second kappa shape index (κ2) is 8.13. The van der Waals surface area contributed by atoms with Gasteiger partial charge in [0.1, 0.15) is 6.61 Å². The number of piperidine rings is 2. The minimum absolute atomic E-state index is 0.0444. The van der Waals surface area contributed by atoms with Crippen molar-refractivity contribution in [2.24, 2.45) is 5.92 Å². The molecule has 0 spiro atoms. The third-order valence-corrected chi connectivity index (χ3v) is 5.92. The highest BCUT2D eigenvalue weighted by Crippen LogP contribution is 2.38. The molecule has 0 saturated carbocycles. The number of aromatic nitrogens is 1. The Bertz CT molecular complexity index is 838. The molecule has 2 aliphatic rings. The largest absolute Gasteiger partial charge is 0.445 e. The smallest absolute Gasteiger partial charge is 0.410 e. The van der Waals surface area contributed by atoms with Crippen LogP contribution in [-0.2, 0) is 11.3 Å². The van der Waals surface area contributed by atoms with Crippen LogP contribution in [0.1, 0.15) is 53.6 Å². The van der Waals surface area contributed by atoms with Gasteiger partial charge in [-0.15, -0.1) is 0 Å². The predicted molar refractivity (Wildman–Crippen MR) is 106 cm³/mol. The molecule has 28 heavy (non-hydrogen) atoms. The van der Waals surface area contributed by atoms with Crippen LogP contribution in [0.3, 0.4) is 0 Å². The average Bonchev–Trinajstić information content (AvgIpc) is 2.71. The highest BCUT2D eigenvalue weighted by atomic mass is 16.6. The number of ketones is 1. The fourth-order valence-corrected chi connectivity index (χ4v) is 4.61. The number of benzene rings is 1. The summed E-state index contributed by atoms with van der Waals surface area (Å²) in [6.07, 6.45) is 7.57. The van der Waals surface area contributed by atoms with E-state index in [1.54, 1.807) is 12.4 Å². The Hall–Kier alpha value is -2.69. The van der Waals surface area contributed by atoms with Crippen molar-refractivity contribution in [2.45, 2.75) is 57.7 Å². The molecular weight excluding hydrogens is 352 g/mol. The molecule has 5 heteroatoms.